The molecule has 1 saturated heterocycles. The summed E-state index contributed by atoms with van der Waals surface area (Å²) in [6.45, 7) is 10.5. The molecule has 4 rings (SSSR count). The average Bonchev–Trinajstić information content (AvgIpc) is 3.29. The van der Waals surface area contributed by atoms with Crippen LogP contribution in [0.2, 0.25) is 0 Å². The Balaban J connectivity index is 1.79. The molecule has 1 saturated carbocycles. The minimum Gasteiger partial charge on any atom is -0.390 e. The summed E-state index contributed by atoms with van der Waals surface area (Å²) in [5.41, 5.74) is 0.766. The van der Waals surface area contributed by atoms with Gasteiger partial charge in [-0.05, 0) is 68.7 Å². The molecular formula is C29H37N5O3. The SMILES string of the molecule is CC1(O)CC(C)(NC(=O)C(c2cccnc2)N(C(=O)[C@H]2CCCN2C#N)c2ccc(C(C)(C)C)cc2)C1. The summed E-state index contributed by atoms with van der Waals surface area (Å²) in [5, 5.41) is 23.1. The maximum absolute atomic E-state index is 14.2. The van der Waals surface area contributed by atoms with Crippen LogP contribution in [0.3, 0.4) is 0 Å². The second-order valence-electron chi connectivity index (χ2n) is 12.0. The molecule has 8 nitrogen and oxygen atoms in total. The molecule has 2 aliphatic rings. The Kier molecular flexibility index (Phi) is 7.04. The molecule has 2 atom stereocenters. The van der Waals surface area contributed by atoms with Crippen molar-refractivity contribution in [3.8, 4) is 6.19 Å². The number of anilines is 1. The first kappa shape index (κ1) is 26.6. The highest BCUT2D eigenvalue weighted by Crippen LogP contribution is 2.41. The van der Waals surface area contributed by atoms with Crippen LogP contribution < -0.4 is 10.2 Å². The van der Waals surface area contributed by atoms with Crippen LogP contribution in [-0.2, 0) is 15.0 Å². The number of carbonyl (C=O) groups is 2. The van der Waals surface area contributed by atoms with Gasteiger partial charge in [0.05, 0.1) is 5.60 Å². The number of benzene rings is 1. The highest BCUT2D eigenvalue weighted by Gasteiger charge is 2.50. The van der Waals surface area contributed by atoms with Crippen LogP contribution in [0, 0.1) is 11.5 Å². The zero-order valence-corrected chi connectivity index (χ0v) is 22.4. The minimum atomic E-state index is -0.995. The third-order valence-corrected chi connectivity index (χ3v) is 7.39. The van der Waals surface area contributed by atoms with Crippen molar-refractivity contribution in [3.63, 3.8) is 0 Å². The lowest BCUT2D eigenvalue weighted by atomic mass is 9.67. The molecule has 1 aliphatic carbocycles. The van der Waals surface area contributed by atoms with Crippen molar-refractivity contribution in [2.75, 3.05) is 11.4 Å². The largest absolute Gasteiger partial charge is 0.390 e. The van der Waals surface area contributed by atoms with Gasteiger partial charge in [-0.3, -0.25) is 24.4 Å². The van der Waals surface area contributed by atoms with Gasteiger partial charge in [0.15, 0.2) is 6.19 Å². The molecule has 0 bridgehead atoms. The van der Waals surface area contributed by atoms with Crippen LogP contribution >= 0.6 is 0 Å². The second kappa shape index (κ2) is 9.79. The fourth-order valence-electron chi connectivity index (χ4n) is 5.87. The van der Waals surface area contributed by atoms with E-state index in [1.54, 1.807) is 31.5 Å². The quantitative estimate of drug-likeness (QED) is 0.580. The van der Waals surface area contributed by atoms with Gasteiger partial charge in [-0.1, -0.05) is 39.0 Å². The molecular weight excluding hydrogens is 466 g/mol. The van der Waals surface area contributed by atoms with Crippen molar-refractivity contribution in [1.29, 1.82) is 5.26 Å². The van der Waals surface area contributed by atoms with Crippen molar-refractivity contribution >= 4 is 17.5 Å². The standard InChI is InChI=1S/C29H37N5O3/c1-27(2,3)21-10-12-22(13-11-21)34(26(36)23-9-7-15-33(23)19-30)24(20-8-6-14-31-16-20)25(35)32-28(4)17-29(5,37)18-28/h6,8,10-14,16,23-24,37H,7,9,15,17-18H2,1-5H3,(H,32,35)/t23-,24?,28?,29?/m1/s1. The number of carbonyl (C=O) groups excluding carboxylic acids is 2. The Morgan fingerprint density at radius 2 is 1.89 bits per heavy atom. The highest BCUT2D eigenvalue weighted by atomic mass is 16.3. The van der Waals surface area contributed by atoms with Crippen molar-refractivity contribution in [2.24, 2.45) is 0 Å². The maximum Gasteiger partial charge on any atom is 0.251 e. The van der Waals surface area contributed by atoms with Gasteiger partial charge in [0.1, 0.15) is 12.1 Å². The van der Waals surface area contributed by atoms with Crippen LogP contribution in [0.15, 0.2) is 48.8 Å². The number of aromatic nitrogens is 1. The second-order valence-corrected chi connectivity index (χ2v) is 12.0. The normalized spacial score (nSPS) is 26.1. The first-order chi connectivity index (χ1) is 17.3. The van der Waals surface area contributed by atoms with Gasteiger partial charge in [0, 0.05) is 35.7 Å². The number of hydrogen-bond donors (Lipinski definition) is 2. The van der Waals surface area contributed by atoms with E-state index in [9.17, 15) is 20.0 Å². The molecule has 2 heterocycles. The predicted molar refractivity (Wildman–Crippen MR) is 141 cm³/mol. The summed E-state index contributed by atoms with van der Waals surface area (Å²) in [6, 6.07) is 9.60. The molecule has 196 valence electrons. The van der Waals surface area contributed by atoms with Gasteiger partial charge in [-0.2, -0.15) is 5.26 Å². The molecule has 0 spiro atoms. The van der Waals surface area contributed by atoms with E-state index in [0.29, 0.717) is 37.1 Å². The van der Waals surface area contributed by atoms with Gasteiger partial charge in [0.2, 0.25) is 5.91 Å². The van der Waals surface area contributed by atoms with E-state index in [2.05, 4.69) is 37.3 Å². The summed E-state index contributed by atoms with van der Waals surface area (Å²) in [5.74, 6) is -0.641. The van der Waals surface area contributed by atoms with Gasteiger partial charge in [-0.25, -0.2) is 0 Å². The van der Waals surface area contributed by atoms with Crippen molar-refractivity contribution < 1.29 is 14.7 Å². The lowest BCUT2D eigenvalue weighted by molar-refractivity contribution is -0.134. The molecule has 1 aliphatic heterocycles. The Labute approximate surface area is 219 Å². The van der Waals surface area contributed by atoms with Gasteiger partial charge >= 0.3 is 0 Å². The summed E-state index contributed by atoms with van der Waals surface area (Å²) in [7, 11) is 0. The topological polar surface area (TPSA) is 110 Å². The number of nitrogens with zero attached hydrogens (tertiary/aromatic N) is 4. The van der Waals surface area contributed by atoms with E-state index in [0.717, 1.165) is 12.0 Å². The first-order valence-electron chi connectivity index (χ1n) is 12.9. The number of amides is 2. The third-order valence-electron chi connectivity index (χ3n) is 7.39. The third kappa shape index (κ3) is 5.62. The molecule has 2 N–H and O–H groups in total. The van der Waals surface area contributed by atoms with Crippen LogP contribution in [-0.4, -0.2) is 50.5 Å². The zero-order valence-electron chi connectivity index (χ0n) is 22.4. The lowest BCUT2D eigenvalue weighted by Crippen LogP contribution is -2.64. The van der Waals surface area contributed by atoms with E-state index in [1.165, 1.54) is 9.80 Å². The first-order valence-corrected chi connectivity index (χ1v) is 12.9. The predicted octanol–water partition coefficient (Wildman–Crippen LogP) is 3.82. The van der Waals surface area contributed by atoms with E-state index >= 15 is 0 Å². The molecule has 2 aromatic rings. The zero-order chi connectivity index (χ0) is 27.0. The monoisotopic (exact) mass is 503 g/mol. The Morgan fingerprint density at radius 3 is 2.43 bits per heavy atom. The molecule has 2 amide bonds. The smallest absolute Gasteiger partial charge is 0.251 e. The van der Waals surface area contributed by atoms with Crippen molar-refractivity contribution in [2.45, 2.75) is 88.9 Å². The van der Waals surface area contributed by atoms with Crippen LogP contribution in [0.5, 0.6) is 0 Å². The van der Waals surface area contributed by atoms with Crippen LogP contribution in [0.4, 0.5) is 5.69 Å². The minimum absolute atomic E-state index is 0.0771. The lowest BCUT2D eigenvalue weighted by Gasteiger charge is -2.50. The van der Waals surface area contributed by atoms with Gasteiger partial charge in [-0.15, -0.1) is 0 Å². The van der Waals surface area contributed by atoms with Crippen molar-refractivity contribution in [3.05, 3.63) is 59.9 Å². The Morgan fingerprint density at radius 1 is 1.22 bits per heavy atom. The Bertz CT molecular complexity index is 1170. The molecule has 37 heavy (non-hydrogen) atoms. The van der Waals surface area contributed by atoms with Gasteiger partial charge < -0.3 is 10.4 Å². The molecule has 1 aromatic carbocycles. The molecule has 8 heteroatoms. The molecule has 2 fully saturated rings. The highest BCUT2D eigenvalue weighted by molar-refractivity contribution is 6.04. The summed E-state index contributed by atoms with van der Waals surface area (Å²) < 4.78 is 0. The van der Waals surface area contributed by atoms with Crippen LogP contribution in [0.25, 0.3) is 0 Å². The number of nitrogens with one attached hydrogen (secondary N) is 1. The van der Waals surface area contributed by atoms with E-state index in [-0.39, 0.29) is 17.2 Å². The fourth-order valence-corrected chi connectivity index (χ4v) is 5.87. The number of likely N-dealkylation sites (tertiary alicyclic amines) is 1. The maximum atomic E-state index is 14.2. The molecule has 1 unspecified atom stereocenters. The number of rotatable bonds is 6. The van der Waals surface area contributed by atoms with Crippen LogP contribution in [0.1, 0.15) is 77.5 Å². The average molecular weight is 504 g/mol. The number of nitriles is 1. The van der Waals surface area contributed by atoms with E-state index < -0.39 is 23.2 Å². The van der Waals surface area contributed by atoms with Crippen molar-refractivity contribution in [1.82, 2.24) is 15.2 Å². The summed E-state index contributed by atoms with van der Waals surface area (Å²) in [4.78, 5) is 35.4. The fraction of sp³-hybridized carbons (Fsp3) is 0.517. The van der Waals surface area contributed by atoms with E-state index in [1.807, 2.05) is 31.2 Å². The summed E-state index contributed by atoms with van der Waals surface area (Å²) >= 11 is 0. The molecule has 1 aromatic heterocycles. The van der Waals surface area contributed by atoms with E-state index in [4.69, 9.17) is 0 Å². The Hall–Kier alpha value is -3.44. The number of aliphatic hydroxyl groups is 1. The summed E-state index contributed by atoms with van der Waals surface area (Å²) in [6.07, 6.45) is 7.50. The van der Waals surface area contributed by atoms with Gasteiger partial charge in [0.25, 0.3) is 5.91 Å². The number of pyridine rings is 1. The molecule has 0 radical (unpaired) electrons. The number of hydrogen-bond acceptors (Lipinski definition) is 6.